The molecule has 1 N–H and O–H groups in total. The van der Waals surface area contributed by atoms with Gasteiger partial charge in [-0.1, -0.05) is 23.8 Å². The van der Waals surface area contributed by atoms with E-state index in [1.165, 1.54) is 5.56 Å². The summed E-state index contributed by atoms with van der Waals surface area (Å²) in [7, 11) is 0. The molecule has 13 heavy (non-hydrogen) atoms. The van der Waals surface area contributed by atoms with Crippen LogP contribution in [-0.2, 0) is 0 Å². The molecule has 2 heteroatoms. The predicted octanol–water partition coefficient (Wildman–Crippen LogP) is 1.86. The van der Waals surface area contributed by atoms with Crippen LogP contribution in [0.15, 0.2) is 41.5 Å². The molecule has 66 valence electrons. The number of aliphatic imine (C=N–C) groups is 1. The second kappa shape index (κ2) is 3.44. The minimum Gasteiger partial charge on any atom is -0.347 e. The highest BCUT2D eigenvalue weighted by molar-refractivity contribution is 5.99. The molecular formula is C11H12N2. The van der Waals surface area contributed by atoms with Gasteiger partial charge in [0.25, 0.3) is 0 Å². The highest BCUT2D eigenvalue weighted by atomic mass is 15.0. The van der Waals surface area contributed by atoms with Crippen molar-refractivity contribution in [1.29, 1.82) is 0 Å². The summed E-state index contributed by atoms with van der Waals surface area (Å²) in [6, 6.07) is 8.33. The van der Waals surface area contributed by atoms with Gasteiger partial charge in [0.05, 0.1) is 6.54 Å². The monoisotopic (exact) mass is 172 g/mol. The Bertz CT molecular complexity index is 364. The average Bonchev–Trinajstić information content (AvgIpc) is 2.19. The van der Waals surface area contributed by atoms with Crippen molar-refractivity contribution in [2.75, 3.05) is 6.54 Å². The van der Waals surface area contributed by atoms with Crippen LogP contribution in [0.1, 0.15) is 11.1 Å². The fourth-order valence-corrected chi connectivity index (χ4v) is 1.35. The number of nitrogens with one attached hydrogen (secondary N) is 1. The molecule has 0 fully saturated rings. The van der Waals surface area contributed by atoms with E-state index in [2.05, 4.69) is 35.4 Å². The minimum atomic E-state index is 0.774. The number of rotatable bonds is 1. The fourth-order valence-electron chi connectivity index (χ4n) is 1.35. The van der Waals surface area contributed by atoms with Crippen LogP contribution in [0.3, 0.4) is 0 Å². The van der Waals surface area contributed by atoms with Crippen molar-refractivity contribution in [1.82, 2.24) is 5.32 Å². The van der Waals surface area contributed by atoms with Gasteiger partial charge in [-0.25, -0.2) is 0 Å². The van der Waals surface area contributed by atoms with Crippen LogP contribution in [0, 0.1) is 6.92 Å². The first-order valence-corrected chi connectivity index (χ1v) is 4.39. The lowest BCUT2D eigenvalue weighted by molar-refractivity contribution is 1.10. The van der Waals surface area contributed by atoms with E-state index in [1.54, 1.807) is 0 Å². The van der Waals surface area contributed by atoms with E-state index < -0.39 is 0 Å². The molecule has 0 bridgehead atoms. The fraction of sp³-hybridized carbons (Fsp3) is 0.182. The molecule has 0 amide bonds. The van der Waals surface area contributed by atoms with Crippen molar-refractivity contribution in [2.24, 2.45) is 4.99 Å². The van der Waals surface area contributed by atoms with Crippen molar-refractivity contribution >= 4 is 5.84 Å². The third-order valence-corrected chi connectivity index (χ3v) is 1.98. The van der Waals surface area contributed by atoms with Crippen LogP contribution in [-0.4, -0.2) is 12.4 Å². The van der Waals surface area contributed by atoms with E-state index in [0.29, 0.717) is 0 Å². The summed E-state index contributed by atoms with van der Waals surface area (Å²) in [5, 5.41) is 3.13. The second-order valence-electron chi connectivity index (χ2n) is 3.11. The standard InChI is InChI=1S/C11H12N2/c1-9-4-2-5-10(8-9)11-12-6-3-7-13-11/h2-6,8H,7H2,1H3,(H,12,13). The van der Waals surface area contributed by atoms with Gasteiger partial charge >= 0.3 is 0 Å². The molecule has 1 aromatic rings. The van der Waals surface area contributed by atoms with E-state index >= 15 is 0 Å². The van der Waals surface area contributed by atoms with Gasteiger partial charge in [0.15, 0.2) is 0 Å². The van der Waals surface area contributed by atoms with E-state index in [4.69, 9.17) is 0 Å². The van der Waals surface area contributed by atoms with Gasteiger partial charge in [-0.3, -0.25) is 4.99 Å². The summed E-state index contributed by atoms with van der Waals surface area (Å²) in [5.41, 5.74) is 2.42. The van der Waals surface area contributed by atoms with Gasteiger partial charge in [-0.15, -0.1) is 0 Å². The molecule has 1 aromatic carbocycles. The summed E-state index contributed by atoms with van der Waals surface area (Å²) in [6.45, 7) is 2.86. The Morgan fingerprint density at radius 2 is 2.31 bits per heavy atom. The summed E-state index contributed by atoms with van der Waals surface area (Å²) in [4.78, 5) is 4.36. The molecule has 0 radical (unpaired) electrons. The Kier molecular flexibility index (Phi) is 2.13. The summed E-state index contributed by atoms with van der Waals surface area (Å²) in [5.74, 6) is 0.964. The lowest BCUT2D eigenvalue weighted by Crippen LogP contribution is -2.21. The molecule has 2 rings (SSSR count). The van der Waals surface area contributed by atoms with Gasteiger partial charge < -0.3 is 5.32 Å². The number of nitrogens with zero attached hydrogens (tertiary/aromatic N) is 1. The lowest BCUT2D eigenvalue weighted by Gasteiger charge is -2.09. The van der Waals surface area contributed by atoms with Gasteiger partial charge in [0.1, 0.15) is 5.84 Å². The van der Waals surface area contributed by atoms with Gasteiger partial charge in [-0.2, -0.15) is 0 Å². The molecule has 0 aromatic heterocycles. The molecule has 0 saturated heterocycles. The molecular weight excluding hydrogens is 160 g/mol. The molecule has 0 spiro atoms. The quantitative estimate of drug-likeness (QED) is 0.687. The smallest absolute Gasteiger partial charge is 0.132 e. The number of hydrogen-bond donors (Lipinski definition) is 1. The number of benzene rings is 1. The Labute approximate surface area is 78.0 Å². The summed E-state index contributed by atoms with van der Waals surface area (Å²) in [6.07, 6.45) is 3.93. The molecule has 0 saturated carbocycles. The summed E-state index contributed by atoms with van der Waals surface area (Å²) < 4.78 is 0. The predicted molar refractivity (Wildman–Crippen MR) is 54.9 cm³/mol. The maximum absolute atomic E-state index is 4.36. The Hall–Kier alpha value is -1.57. The third-order valence-electron chi connectivity index (χ3n) is 1.98. The largest absolute Gasteiger partial charge is 0.347 e. The minimum absolute atomic E-state index is 0.774. The molecule has 1 heterocycles. The number of amidine groups is 1. The summed E-state index contributed by atoms with van der Waals surface area (Å²) >= 11 is 0. The maximum Gasteiger partial charge on any atom is 0.132 e. The van der Waals surface area contributed by atoms with Crippen molar-refractivity contribution in [3.05, 3.63) is 47.7 Å². The van der Waals surface area contributed by atoms with Crippen LogP contribution in [0.25, 0.3) is 0 Å². The van der Waals surface area contributed by atoms with Crippen molar-refractivity contribution in [2.45, 2.75) is 6.92 Å². The van der Waals surface area contributed by atoms with Crippen LogP contribution >= 0.6 is 0 Å². The second-order valence-corrected chi connectivity index (χ2v) is 3.11. The molecule has 2 nitrogen and oxygen atoms in total. The van der Waals surface area contributed by atoms with Crippen LogP contribution in [0.4, 0.5) is 0 Å². The van der Waals surface area contributed by atoms with E-state index in [0.717, 1.165) is 17.9 Å². The van der Waals surface area contributed by atoms with Crippen molar-refractivity contribution in [3.63, 3.8) is 0 Å². The Morgan fingerprint density at radius 3 is 3.00 bits per heavy atom. The molecule has 0 unspecified atom stereocenters. The first kappa shape index (κ1) is 8.05. The highest BCUT2D eigenvalue weighted by Gasteiger charge is 2.02. The SMILES string of the molecule is Cc1cccc(C2=NCC=CN2)c1. The third kappa shape index (κ3) is 1.78. The molecule has 1 aliphatic heterocycles. The first-order valence-electron chi connectivity index (χ1n) is 4.39. The topological polar surface area (TPSA) is 24.4 Å². The zero-order valence-electron chi connectivity index (χ0n) is 7.62. The van der Waals surface area contributed by atoms with Crippen molar-refractivity contribution in [3.8, 4) is 0 Å². The van der Waals surface area contributed by atoms with Gasteiger partial charge in [0.2, 0.25) is 0 Å². The van der Waals surface area contributed by atoms with E-state index in [1.807, 2.05) is 18.3 Å². The van der Waals surface area contributed by atoms with Crippen LogP contribution in [0.2, 0.25) is 0 Å². The number of aryl methyl sites for hydroxylation is 1. The zero-order chi connectivity index (χ0) is 9.10. The lowest BCUT2D eigenvalue weighted by atomic mass is 10.1. The molecule has 1 aliphatic rings. The van der Waals surface area contributed by atoms with Gasteiger partial charge in [-0.05, 0) is 19.1 Å². The first-order chi connectivity index (χ1) is 6.36. The van der Waals surface area contributed by atoms with E-state index in [-0.39, 0.29) is 0 Å². The van der Waals surface area contributed by atoms with Gasteiger partial charge in [0, 0.05) is 11.8 Å². The Morgan fingerprint density at radius 1 is 1.38 bits per heavy atom. The van der Waals surface area contributed by atoms with Crippen LogP contribution < -0.4 is 5.32 Å². The normalized spacial score (nSPS) is 15.0. The molecule has 0 atom stereocenters. The maximum atomic E-state index is 4.36. The van der Waals surface area contributed by atoms with Crippen molar-refractivity contribution < 1.29 is 0 Å². The molecule has 0 aliphatic carbocycles. The number of hydrogen-bond acceptors (Lipinski definition) is 2. The zero-order valence-corrected chi connectivity index (χ0v) is 7.62. The van der Waals surface area contributed by atoms with E-state index in [9.17, 15) is 0 Å². The highest BCUT2D eigenvalue weighted by Crippen LogP contribution is 2.05. The Balaban J connectivity index is 2.30. The average molecular weight is 172 g/mol. The van der Waals surface area contributed by atoms with Crippen LogP contribution in [0.5, 0.6) is 0 Å².